The summed E-state index contributed by atoms with van der Waals surface area (Å²) in [5, 5.41) is 9.26. The SMILES string of the molecule is CC(N)C(C)N1CCC(C)C1CO. The number of rotatable bonds is 3. The van der Waals surface area contributed by atoms with E-state index in [0.717, 1.165) is 6.54 Å². The van der Waals surface area contributed by atoms with Crippen molar-refractivity contribution in [1.29, 1.82) is 0 Å². The number of likely N-dealkylation sites (tertiary alicyclic amines) is 1. The molecule has 0 aromatic rings. The summed E-state index contributed by atoms with van der Waals surface area (Å²) >= 11 is 0. The van der Waals surface area contributed by atoms with Gasteiger partial charge in [0.25, 0.3) is 0 Å². The monoisotopic (exact) mass is 186 g/mol. The van der Waals surface area contributed by atoms with Gasteiger partial charge in [0.05, 0.1) is 6.61 Å². The van der Waals surface area contributed by atoms with E-state index in [0.29, 0.717) is 18.0 Å². The van der Waals surface area contributed by atoms with Crippen LogP contribution < -0.4 is 5.73 Å². The van der Waals surface area contributed by atoms with E-state index in [1.165, 1.54) is 6.42 Å². The standard InChI is InChI=1S/C10H22N2O/c1-7-4-5-12(10(7)6-13)9(3)8(2)11/h7-10,13H,4-6,11H2,1-3H3. The Hall–Kier alpha value is -0.120. The van der Waals surface area contributed by atoms with Gasteiger partial charge >= 0.3 is 0 Å². The molecule has 1 rings (SSSR count). The fraction of sp³-hybridized carbons (Fsp3) is 1.00. The summed E-state index contributed by atoms with van der Waals surface area (Å²) in [6.45, 7) is 7.72. The van der Waals surface area contributed by atoms with Gasteiger partial charge in [-0.25, -0.2) is 0 Å². The van der Waals surface area contributed by atoms with E-state index in [9.17, 15) is 5.11 Å². The Balaban J connectivity index is 2.59. The first kappa shape index (κ1) is 11.0. The minimum Gasteiger partial charge on any atom is -0.395 e. The molecule has 0 radical (unpaired) electrons. The van der Waals surface area contributed by atoms with Crippen molar-refractivity contribution < 1.29 is 5.11 Å². The van der Waals surface area contributed by atoms with Crippen molar-refractivity contribution in [2.75, 3.05) is 13.2 Å². The van der Waals surface area contributed by atoms with E-state index in [2.05, 4.69) is 18.7 Å². The lowest BCUT2D eigenvalue weighted by molar-refractivity contribution is 0.100. The Morgan fingerprint density at radius 3 is 2.62 bits per heavy atom. The molecule has 3 N–H and O–H groups in total. The third kappa shape index (κ3) is 2.22. The van der Waals surface area contributed by atoms with Crippen molar-refractivity contribution in [3.8, 4) is 0 Å². The lowest BCUT2D eigenvalue weighted by atomic mass is 10.0. The maximum atomic E-state index is 9.26. The second-order valence-corrected chi connectivity index (χ2v) is 4.35. The molecule has 1 saturated heterocycles. The van der Waals surface area contributed by atoms with Crippen LogP contribution in [0.15, 0.2) is 0 Å². The number of hydrogen-bond acceptors (Lipinski definition) is 3. The van der Waals surface area contributed by atoms with Crippen molar-refractivity contribution >= 4 is 0 Å². The number of aliphatic hydroxyl groups excluding tert-OH is 1. The Kier molecular flexibility index (Phi) is 3.71. The van der Waals surface area contributed by atoms with Crippen molar-refractivity contribution in [1.82, 2.24) is 4.90 Å². The lowest BCUT2D eigenvalue weighted by Crippen LogP contribution is -2.48. The molecule has 0 spiro atoms. The minimum atomic E-state index is 0.180. The van der Waals surface area contributed by atoms with Crippen LogP contribution in [0.4, 0.5) is 0 Å². The topological polar surface area (TPSA) is 49.5 Å². The molecule has 0 aromatic carbocycles. The zero-order chi connectivity index (χ0) is 10.0. The predicted octanol–water partition coefficient (Wildman–Crippen LogP) is 0.425. The van der Waals surface area contributed by atoms with E-state index in [-0.39, 0.29) is 12.6 Å². The molecule has 13 heavy (non-hydrogen) atoms. The molecule has 4 unspecified atom stereocenters. The molecule has 0 aliphatic carbocycles. The Bertz CT molecular complexity index is 161. The average molecular weight is 186 g/mol. The fourth-order valence-corrected chi connectivity index (χ4v) is 2.13. The van der Waals surface area contributed by atoms with Crippen LogP contribution in [0, 0.1) is 5.92 Å². The lowest BCUT2D eigenvalue weighted by Gasteiger charge is -2.33. The quantitative estimate of drug-likeness (QED) is 0.672. The maximum Gasteiger partial charge on any atom is 0.0589 e. The van der Waals surface area contributed by atoms with Gasteiger partial charge < -0.3 is 10.8 Å². The van der Waals surface area contributed by atoms with Crippen molar-refractivity contribution in [2.45, 2.75) is 45.3 Å². The highest BCUT2D eigenvalue weighted by Crippen LogP contribution is 2.26. The van der Waals surface area contributed by atoms with Crippen LogP contribution in [-0.2, 0) is 0 Å². The molecule has 0 amide bonds. The van der Waals surface area contributed by atoms with Crippen molar-refractivity contribution in [3.63, 3.8) is 0 Å². The van der Waals surface area contributed by atoms with Crippen molar-refractivity contribution in [3.05, 3.63) is 0 Å². The zero-order valence-electron chi connectivity index (χ0n) is 8.90. The highest BCUT2D eigenvalue weighted by molar-refractivity contribution is 4.89. The van der Waals surface area contributed by atoms with Gasteiger partial charge in [0.15, 0.2) is 0 Å². The predicted molar refractivity (Wildman–Crippen MR) is 54.5 cm³/mol. The molecule has 3 nitrogen and oxygen atoms in total. The summed E-state index contributed by atoms with van der Waals surface area (Å²) in [6, 6.07) is 0.877. The second-order valence-electron chi connectivity index (χ2n) is 4.35. The highest BCUT2D eigenvalue weighted by Gasteiger charge is 2.34. The molecule has 78 valence electrons. The van der Waals surface area contributed by atoms with Gasteiger partial charge in [0, 0.05) is 18.1 Å². The summed E-state index contributed by atoms with van der Waals surface area (Å²) in [5.41, 5.74) is 5.85. The summed E-state index contributed by atoms with van der Waals surface area (Å²) in [6.07, 6.45) is 1.18. The van der Waals surface area contributed by atoms with Gasteiger partial charge in [0.1, 0.15) is 0 Å². The number of aliphatic hydroxyl groups is 1. The number of nitrogens with two attached hydrogens (primary N) is 1. The van der Waals surface area contributed by atoms with Crippen LogP contribution in [0.3, 0.4) is 0 Å². The van der Waals surface area contributed by atoms with E-state index in [4.69, 9.17) is 5.73 Å². The largest absolute Gasteiger partial charge is 0.395 e. The molecule has 0 aromatic heterocycles. The summed E-state index contributed by atoms with van der Waals surface area (Å²) in [5.74, 6) is 0.603. The Morgan fingerprint density at radius 2 is 2.15 bits per heavy atom. The second kappa shape index (κ2) is 4.40. The van der Waals surface area contributed by atoms with Crippen LogP contribution in [0.1, 0.15) is 27.2 Å². The molecule has 1 heterocycles. The number of nitrogens with zero attached hydrogens (tertiary/aromatic N) is 1. The first-order valence-corrected chi connectivity index (χ1v) is 5.20. The zero-order valence-corrected chi connectivity index (χ0v) is 8.90. The van der Waals surface area contributed by atoms with Gasteiger partial charge in [-0.2, -0.15) is 0 Å². The van der Waals surface area contributed by atoms with Crippen molar-refractivity contribution in [2.24, 2.45) is 11.7 Å². The van der Waals surface area contributed by atoms with Crippen LogP contribution in [0.25, 0.3) is 0 Å². The Morgan fingerprint density at radius 1 is 1.54 bits per heavy atom. The molecule has 1 aliphatic rings. The van der Waals surface area contributed by atoms with Gasteiger partial charge in [-0.05, 0) is 32.7 Å². The molecule has 1 fully saturated rings. The summed E-state index contributed by atoms with van der Waals surface area (Å²) in [4.78, 5) is 2.34. The highest BCUT2D eigenvalue weighted by atomic mass is 16.3. The molecular weight excluding hydrogens is 164 g/mol. The third-order valence-corrected chi connectivity index (χ3v) is 3.40. The van der Waals surface area contributed by atoms with Gasteiger partial charge in [-0.3, -0.25) is 4.90 Å². The molecule has 1 aliphatic heterocycles. The van der Waals surface area contributed by atoms with Crippen LogP contribution in [0.5, 0.6) is 0 Å². The van der Waals surface area contributed by atoms with Gasteiger partial charge in [-0.1, -0.05) is 6.92 Å². The molecular formula is C10H22N2O. The van der Waals surface area contributed by atoms with E-state index in [1.807, 2.05) is 6.92 Å². The fourth-order valence-electron chi connectivity index (χ4n) is 2.13. The first-order valence-electron chi connectivity index (χ1n) is 5.20. The normalized spacial score (nSPS) is 34.8. The molecule has 0 bridgehead atoms. The van der Waals surface area contributed by atoms with E-state index < -0.39 is 0 Å². The smallest absolute Gasteiger partial charge is 0.0589 e. The Labute approximate surface area is 80.9 Å². The molecule has 3 heteroatoms. The van der Waals surface area contributed by atoms with E-state index >= 15 is 0 Å². The summed E-state index contributed by atoms with van der Waals surface area (Å²) < 4.78 is 0. The molecule has 4 atom stereocenters. The first-order chi connectivity index (χ1) is 6.07. The average Bonchev–Trinajstić information content (AvgIpc) is 2.45. The van der Waals surface area contributed by atoms with Gasteiger partial charge in [-0.15, -0.1) is 0 Å². The minimum absolute atomic E-state index is 0.180. The molecule has 0 saturated carbocycles. The third-order valence-electron chi connectivity index (χ3n) is 3.40. The van der Waals surface area contributed by atoms with Gasteiger partial charge in [0.2, 0.25) is 0 Å². The van der Waals surface area contributed by atoms with Crippen LogP contribution in [0.2, 0.25) is 0 Å². The van der Waals surface area contributed by atoms with Crippen LogP contribution in [-0.4, -0.2) is 41.3 Å². The number of hydrogen-bond donors (Lipinski definition) is 2. The maximum absolute atomic E-state index is 9.26. The van der Waals surface area contributed by atoms with E-state index in [1.54, 1.807) is 0 Å². The van der Waals surface area contributed by atoms with Crippen LogP contribution >= 0.6 is 0 Å². The summed E-state index contributed by atoms with van der Waals surface area (Å²) in [7, 11) is 0.